The quantitative estimate of drug-likeness (QED) is 0.843. The van der Waals surface area contributed by atoms with Crippen molar-refractivity contribution in [3.63, 3.8) is 0 Å². The van der Waals surface area contributed by atoms with Gasteiger partial charge in [0.1, 0.15) is 6.26 Å². The van der Waals surface area contributed by atoms with Crippen LogP contribution < -0.4 is 5.56 Å². The van der Waals surface area contributed by atoms with Gasteiger partial charge in [-0.2, -0.15) is 0 Å². The van der Waals surface area contributed by atoms with Crippen molar-refractivity contribution < 1.29 is 4.42 Å². The van der Waals surface area contributed by atoms with Gasteiger partial charge in [0.2, 0.25) is 0 Å². The second-order valence-corrected chi connectivity index (χ2v) is 7.04. The SMILES string of the molecule is Cc1nc(CN2CCC(Cn3cnc(C(C)C)cc3=O)CC2)co1. The van der Waals surface area contributed by atoms with Crippen LogP contribution in [-0.4, -0.2) is 32.5 Å². The summed E-state index contributed by atoms with van der Waals surface area (Å²) in [5.74, 6) is 1.54. The highest BCUT2D eigenvalue weighted by molar-refractivity contribution is 5.04. The summed E-state index contributed by atoms with van der Waals surface area (Å²) < 4.78 is 7.02. The molecule has 1 fully saturated rings. The highest BCUT2D eigenvalue weighted by atomic mass is 16.3. The molecule has 6 heteroatoms. The average Bonchev–Trinajstić information content (AvgIpc) is 2.96. The molecule has 0 N–H and O–H groups in total. The smallest absolute Gasteiger partial charge is 0.253 e. The Morgan fingerprint density at radius 2 is 2.08 bits per heavy atom. The van der Waals surface area contributed by atoms with Gasteiger partial charge in [-0.1, -0.05) is 13.8 Å². The molecular weight excluding hydrogens is 304 g/mol. The van der Waals surface area contributed by atoms with Crippen LogP contribution in [0.25, 0.3) is 0 Å². The van der Waals surface area contributed by atoms with Crippen LogP contribution in [0.15, 0.2) is 27.9 Å². The number of hydrogen-bond acceptors (Lipinski definition) is 5. The Morgan fingerprint density at radius 1 is 1.33 bits per heavy atom. The molecule has 0 atom stereocenters. The van der Waals surface area contributed by atoms with Gasteiger partial charge in [-0.05, 0) is 37.8 Å². The maximum Gasteiger partial charge on any atom is 0.253 e. The Morgan fingerprint density at radius 3 is 2.67 bits per heavy atom. The van der Waals surface area contributed by atoms with E-state index in [0.29, 0.717) is 5.92 Å². The number of rotatable bonds is 5. The van der Waals surface area contributed by atoms with Crippen LogP contribution in [0.3, 0.4) is 0 Å². The van der Waals surface area contributed by atoms with Crippen LogP contribution in [-0.2, 0) is 13.1 Å². The molecule has 1 aliphatic rings. The van der Waals surface area contributed by atoms with Gasteiger partial charge in [-0.25, -0.2) is 9.97 Å². The minimum absolute atomic E-state index is 0.0641. The van der Waals surface area contributed by atoms with Gasteiger partial charge in [0, 0.05) is 26.1 Å². The van der Waals surface area contributed by atoms with E-state index in [2.05, 4.69) is 28.7 Å². The van der Waals surface area contributed by atoms with Crippen molar-refractivity contribution in [2.45, 2.75) is 52.6 Å². The molecule has 1 saturated heterocycles. The molecule has 2 aromatic rings. The monoisotopic (exact) mass is 330 g/mol. The van der Waals surface area contributed by atoms with E-state index in [4.69, 9.17) is 4.42 Å². The van der Waals surface area contributed by atoms with E-state index in [9.17, 15) is 4.79 Å². The van der Waals surface area contributed by atoms with Crippen molar-refractivity contribution in [1.82, 2.24) is 19.4 Å². The molecule has 0 bridgehead atoms. The van der Waals surface area contributed by atoms with Crippen LogP contribution >= 0.6 is 0 Å². The highest BCUT2D eigenvalue weighted by Gasteiger charge is 2.21. The Hall–Kier alpha value is -1.95. The lowest BCUT2D eigenvalue weighted by atomic mass is 9.96. The molecule has 2 aromatic heterocycles. The van der Waals surface area contributed by atoms with Crippen LogP contribution in [0, 0.1) is 12.8 Å². The van der Waals surface area contributed by atoms with Crippen molar-refractivity contribution in [2.24, 2.45) is 5.92 Å². The topological polar surface area (TPSA) is 64.2 Å². The molecule has 24 heavy (non-hydrogen) atoms. The van der Waals surface area contributed by atoms with E-state index in [1.165, 1.54) is 0 Å². The van der Waals surface area contributed by atoms with Gasteiger partial charge in [0.15, 0.2) is 5.89 Å². The molecule has 0 aliphatic carbocycles. The summed E-state index contributed by atoms with van der Waals surface area (Å²) in [5, 5.41) is 0. The third kappa shape index (κ3) is 4.12. The second-order valence-electron chi connectivity index (χ2n) is 7.04. The number of oxazole rings is 1. The lowest BCUT2D eigenvalue weighted by Crippen LogP contribution is -2.36. The van der Waals surface area contributed by atoms with Crippen LogP contribution in [0.2, 0.25) is 0 Å². The fourth-order valence-electron chi connectivity index (χ4n) is 3.21. The Kier molecular flexibility index (Phi) is 5.14. The number of hydrogen-bond donors (Lipinski definition) is 0. The van der Waals surface area contributed by atoms with Crippen molar-refractivity contribution in [1.29, 1.82) is 0 Å². The van der Waals surface area contributed by atoms with Gasteiger partial charge in [0.25, 0.3) is 5.56 Å². The summed E-state index contributed by atoms with van der Waals surface area (Å²) >= 11 is 0. The zero-order valence-corrected chi connectivity index (χ0v) is 14.7. The predicted molar refractivity (Wildman–Crippen MR) is 91.8 cm³/mol. The normalized spacial score (nSPS) is 16.8. The lowest BCUT2D eigenvalue weighted by Gasteiger charge is -2.31. The predicted octanol–water partition coefficient (Wildman–Crippen LogP) is 2.58. The Bertz CT molecular complexity index is 727. The molecule has 0 saturated carbocycles. The van der Waals surface area contributed by atoms with Gasteiger partial charge < -0.3 is 4.42 Å². The van der Waals surface area contributed by atoms with E-state index in [1.807, 2.05) is 6.92 Å². The maximum atomic E-state index is 12.2. The first-order valence-corrected chi connectivity index (χ1v) is 8.71. The van der Waals surface area contributed by atoms with Crippen molar-refractivity contribution in [2.75, 3.05) is 13.1 Å². The number of piperidine rings is 1. The van der Waals surface area contributed by atoms with Crippen molar-refractivity contribution >= 4 is 0 Å². The maximum absolute atomic E-state index is 12.2. The van der Waals surface area contributed by atoms with E-state index >= 15 is 0 Å². The standard InChI is InChI=1S/C18H26N4O2/c1-13(2)17-8-18(23)22(12-19-17)9-15-4-6-21(7-5-15)10-16-11-24-14(3)20-16/h8,11-13,15H,4-7,9-10H2,1-3H3. The van der Waals surface area contributed by atoms with E-state index in [0.717, 1.165) is 56.3 Å². The molecule has 0 amide bonds. The molecule has 6 nitrogen and oxygen atoms in total. The molecule has 130 valence electrons. The molecule has 3 rings (SSSR count). The van der Waals surface area contributed by atoms with Crippen LogP contribution in [0.4, 0.5) is 0 Å². The zero-order valence-electron chi connectivity index (χ0n) is 14.7. The minimum atomic E-state index is 0.0641. The molecule has 0 aromatic carbocycles. The molecule has 0 spiro atoms. The summed E-state index contributed by atoms with van der Waals surface area (Å²) in [7, 11) is 0. The summed E-state index contributed by atoms with van der Waals surface area (Å²) in [6.07, 6.45) is 5.63. The lowest BCUT2D eigenvalue weighted by molar-refractivity contribution is 0.164. The highest BCUT2D eigenvalue weighted by Crippen LogP contribution is 2.20. The second kappa shape index (κ2) is 7.30. The van der Waals surface area contributed by atoms with Crippen molar-refractivity contribution in [3.8, 4) is 0 Å². The average molecular weight is 330 g/mol. The molecule has 0 unspecified atom stereocenters. The van der Waals surface area contributed by atoms with Gasteiger partial charge >= 0.3 is 0 Å². The zero-order chi connectivity index (χ0) is 17.1. The first-order valence-electron chi connectivity index (χ1n) is 8.71. The third-order valence-electron chi connectivity index (χ3n) is 4.71. The summed E-state index contributed by atoms with van der Waals surface area (Å²) in [6, 6.07) is 1.67. The Balaban J connectivity index is 1.53. The van der Waals surface area contributed by atoms with Crippen molar-refractivity contribution in [3.05, 3.63) is 46.3 Å². The van der Waals surface area contributed by atoms with Gasteiger partial charge in [-0.15, -0.1) is 0 Å². The summed E-state index contributed by atoms with van der Waals surface area (Å²) in [6.45, 7) is 9.64. The number of nitrogens with zero attached hydrogens (tertiary/aromatic N) is 4. The van der Waals surface area contributed by atoms with Crippen LogP contribution in [0.5, 0.6) is 0 Å². The van der Waals surface area contributed by atoms with Gasteiger partial charge in [-0.3, -0.25) is 14.3 Å². The summed E-state index contributed by atoms with van der Waals surface area (Å²) in [5.41, 5.74) is 1.93. The number of aryl methyl sites for hydroxylation is 1. The van der Waals surface area contributed by atoms with Gasteiger partial charge in [0.05, 0.1) is 17.7 Å². The first-order chi connectivity index (χ1) is 11.5. The molecule has 1 aliphatic heterocycles. The van der Waals surface area contributed by atoms with E-state index in [-0.39, 0.29) is 11.5 Å². The molecular formula is C18H26N4O2. The summed E-state index contributed by atoms with van der Waals surface area (Å²) in [4.78, 5) is 23.4. The molecule has 3 heterocycles. The Labute approximate surface area is 142 Å². The number of likely N-dealkylation sites (tertiary alicyclic amines) is 1. The fraction of sp³-hybridized carbons (Fsp3) is 0.611. The largest absolute Gasteiger partial charge is 0.449 e. The first kappa shape index (κ1) is 16.9. The fourth-order valence-corrected chi connectivity index (χ4v) is 3.21. The number of aromatic nitrogens is 3. The third-order valence-corrected chi connectivity index (χ3v) is 4.71. The van der Waals surface area contributed by atoms with Crippen LogP contribution in [0.1, 0.15) is 49.9 Å². The van der Waals surface area contributed by atoms with E-state index < -0.39 is 0 Å². The molecule has 0 radical (unpaired) electrons. The minimum Gasteiger partial charge on any atom is -0.449 e. The van der Waals surface area contributed by atoms with E-state index in [1.54, 1.807) is 23.2 Å².